The number of methoxy groups -OCH3 is 2. The zero-order chi connectivity index (χ0) is 22.4. The molecule has 1 N–H and O–H groups in total. The Hall–Kier alpha value is -2.94. The summed E-state index contributed by atoms with van der Waals surface area (Å²) in [5.41, 5.74) is 1.52. The van der Waals surface area contributed by atoms with Crippen LogP contribution in [0.2, 0.25) is 0 Å². The number of anilines is 1. The number of nitrogens with zero attached hydrogens (tertiary/aromatic N) is 1. The minimum Gasteiger partial charge on any atom is -0.493 e. The third-order valence-electron chi connectivity index (χ3n) is 5.12. The van der Waals surface area contributed by atoms with Crippen molar-refractivity contribution in [1.29, 1.82) is 0 Å². The Balaban J connectivity index is 1.59. The molecule has 3 rings (SSSR count). The fourth-order valence-corrected chi connectivity index (χ4v) is 4.54. The number of rotatable bonds is 9. The fraction of sp³-hybridized carbons (Fsp3) is 0.409. The van der Waals surface area contributed by atoms with E-state index in [0.717, 1.165) is 12.0 Å². The minimum absolute atomic E-state index is 0.0469. The molecule has 2 aromatic rings. The smallest absolute Gasteiger partial charge is 0.263 e. The van der Waals surface area contributed by atoms with Crippen LogP contribution >= 0.6 is 0 Å². The van der Waals surface area contributed by atoms with Gasteiger partial charge in [0.25, 0.3) is 5.91 Å². The Labute approximate surface area is 183 Å². The summed E-state index contributed by atoms with van der Waals surface area (Å²) in [6, 6.07) is 12.6. The first-order valence-corrected chi connectivity index (χ1v) is 11.7. The molecule has 1 aliphatic heterocycles. The van der Waals surface area contributed by atoms with Crippen molar-refractivity contribution in [3.05, 3.63) is 48.0 Å². The van der Waals surface area contributed by atoms with E-state index in [1.165, 1.54) is 4.31 Å². The summed E-state index contributed by atoms with van der Waals surface area (Å²) in [5, 5.41) is 2.85. The molecule has 9 heteroatoms. The lowest BCUT2D eigenvalue weighted by Gasteiger charge is -2.34. The van der Waals surface area contributed by atoms with Gasteiger partial charge in [0.1, 0.15) is 5.75 Å². The van der Waals surface area contributed by atoms with Gasteiger partial charge in [0.05, 0.1) is 32.2 Å². The lowest BCUT2D eigenvalue weighted by Crippen LogP contribution is -2.51. The number of aryl methyl sites for hydroxylation is 1. The van der Waals surface area contributed by atoms with Crippen LogP contribution in [0.25, 0.3) is 0 Å². The molecule has 1 aliphatic rings. The average Bonchev–Trinajstić information content (AvgIpc) is 2.80. The number of fused-ring (bicyclic) bond motifs is 1. The van der Waals surface area contributed by atoms with Gasteiger partial charge in [-0.3, -0.25) is 9.10 Å². The van der Waals surface area contributed by atoms with Crippen molar-refractivity contribution in [3.8, 4) is 17.2 Å². The van der Waals surface area contributed by atoms with Crippen molar-refractivity contribution in [2.45, 2.75) is 25.9 Å². The number of carbonyl (C=O) groups excluding carboxylic acids is 1. The number of para-hydroxylation sites is 2. The van der Waals surface area contributed by atoms with E-state index in [1.807, 2.05) is 18.2 Å². The van der Waals surface area contributed by atoms with Crippen LogP contribution in [-0.2, 0) is 21.2 Å². The van der Waals surface area contributed by atoms with E-state index in [0.29, 0.717) is 35.9 Å². The van der Waals surface area contributed by atoms with Gasteiger partial charge in [-0.05, 0) is 49.6 Å². The Bertz CT molecular complexity index is 1020. The van der Waals surface area contributed by atoms with E-state index < -0.39 is 16.1 Å². The average molecular weight is 449 g/mol. The van der Waals surface area contributed by atoms with E-state index in [1.54, 1.807) is 45.4 Å². The minimum atomic E-state index is -3.52. The maximum Gasteiger partial charge on any atom is 0.263 e. The van der Waals surface area contributed by atoms with Crippen molar-refractivity contribution in [3.63, 3.8) is 0 Å². The van der Waals surface area contributed by atoms with Gasteiger partial charge in [-0.15, -0.1) is 0 Å². The van der Waals surface area contributed by atoms with Crippen LogP contribution in [0.1, 0.15) is 18.9 Å². The molecule has 0 saturated heterocycles. The number of nitrogens with one attached hydrogen (secondary N) is 1. The summed E-state index contributed by atoms with van der Waals surface area (Å²) in [5.74, 6) is 1.33. The van der Waals surface area contributed by atoms with Gasteiger partial charge in [0.2, 0.25) is 10.0 Å². The highest BCUT2D eigenvalue weighted by atomic mass is 32.2. The fourth-order valence-electron chi connectivity index (χ4n) is 3.41. The first kappa shape index (κ1) is 22.7. The van der Waals surface area contributed by atoms with Gasteiger partial charge in [-0.1, -0.05) is 18.2 Å². The summed E-state index contributed by atoms with van der Waals surface area (Å²) >= 11 is 0. The molecule has 1 amide bonds. The molecule has 8 nitrogen and oxygen atoms in total. The van der Waals surface area contributed by atoms with E-state index in [2.05, 4.69) is 5.32 Å². The number of ether oxygens (including phenoxy) is 3. The van der Waals surface area contributed by atoms with Crippen LogP contribution in [0.3, 0.4) is 0 Å². The van der Waals surface area contributed by atoms with Gasteiger partial charge >= 0.3 is 0 Å². The first-order chi connectivity index (χ1) is 14.9. The zero-order valence-corrected chi connectivity index (χ0v) is 18.8. The van der Waals surface area contributed by atoms with Crippen LogP contribution < -0.4 is 23.8 Å². The van der Waals surface area contributed by atoms with Crippen LogP contribution in [0.15, 0.2) is 42.5 Å². The number of sulfonamides is 1. The topological polar surface area (TPSA) is 94.2 Å². The lowest BCUT2D eigenvalue weighted by molar-refractivity contribution is -0.127. The normalized spacial score (nSPS) is 15.6. The van der Waals surface area contributed by atoms with Crippen molar-refractivity contribution in [2.24, 2.45) is 0 Å². The van der Waals surface area contributed by atoms with Crippen molar-refractivity contribution in [1.82, 2.24) is 5.32 Å². The molecule has 1 heterocycles. The predicted molar refractivity (Wildman–Crippen MR) is 119 cm³/mol. The van der Waals surface area contributed by atoms with Gasteiger partial charge in [-0.25, -0.2) is 8.42 Å². The third kappa shape index (κ3) is 5.22. The molecular weight excluding hydrogens is 420 g/mol. The second-order valence-corrected chi connectivity index (χ2v) is 9.27. The summed E-state index contributed by atoms with van der Waals surface area (Å²) in [7, 11) is -0.345. The third-order valence-corrected chi connectivity index (χ3v) is 6.86. The van der Waals surface area contributed by atoms with Gasteiger partial charge < -0.3 is 19.5 Å². The number of carbonyl (C=O) groups is 1. The second-order valence-electron chi connectivity index (χ2n) is 7.09. The van der Waals surface area contributed by atoms with E-state index >= 15 is 0 Å². The lowest BCUT2D eigenvalue weighted by atomic mass is 10.1. The van der Waals surface area contributed by atoms with Crippen molar-refractivity contribution in [2.75, 3.05) is 37.4 Å². The molecule has 0 radical (unpaired) electrons. The molecule has 1 unspecified atom stereocenters. The zero-order valence-electron chi connectivity index (χ0n) is 18.0. The van der Waals surface area contributed by atoms with Crippen LogP contribution in [0.4, 0.5) is 5.69 Å². The SMILES string of the molecule is CCS(=O)(=O)N1CC(C(=O)NCCCc2ccc(OC)c(OC)c2)Oc2ccccc21. The summed E-state index contributed by atoms with van der Waals surface area (Å²) in [6.45, 7) is 1.97. The van der Waals surface area contributed by atoms with E-state index in [9.17, 15) is 13.2 Å². The Morgan fingerprint density at radius 3 is 2.61 bits per heavy atom. The summed E-state index contributed by atoms with van der Waals surface area (Å²) in [4.78, 5) is 12.7. The van der Waals surface area contributed by atoms with E-state index in [4.69, 9.17) is 14.2 Å². The Kier molecular flexibility index (Phi) is 7.27. The van der Waals surface area contributed by atoms with Crippen LogP contribution in [0, 0.1) is 0 Å². The predicted octanol–water partition coefficient (Wildman–Crippen LogP) is 2.37. The Morgan fingerprint density at radius 1 is 1.16 bits per heavy atom. The highest BCUT2D eigenvalue weighted by Gasteiger charge is 2.35. The molecule has 0 bridgehead atoms. The molecule has 168 valence electrons. The molecule has 0 fully saturated rings. The molecule has 0 aromatic heterocycles. The molecule has 0 spiro atoms. The van der Waals surface area contributed by atoms with Crippen molar-refractivity contribution < 1.29 is 27.4 Å². The standard InChI is InChI=1S/C22H28N2O6S/c1-4-31(26,27)24-15-21(30-18-10-6-5-9-17(18)24)22(25)23-13-7-8-16-11-12-19(28-2)20(14-16)29-3/h5-6,9-12,14,21H,4,7-8,13,15H2,1-3H3,(H,23,25). The van der Waals surface area contributed by atoms with Gasteiger partial charge in [0.15, 0.2) is 17.6 Å². The molecule has 31 heavy (non-hydrogen) atoms. The van der Waals surface area contributed by atoms with Crippen LogP contribution in [0.5, 0.6) is 17.2 Å². The second kappa shape index (κ2) is 9.91. The maximum atomic E-state index is 12.7. The highest BCUT2D eigenvalue weighted by Crippen LogP contribution is 2.35. The highest BCUT2D eigenvalue weighted by molar-refractivity contribution is 7.92. The first-order valence-electron chi connectivity index (χ1n) is 10.1. The number of amides is 1. The van der Waals surface area contributed by atoms with E-state index in [-0.39, 0.29) is 18.2 Å². The molecular formula is C22H28N2O6S. The van der Waals surface area contributed by atoms with Gasteiger partial charge in [-0.2, -0.15) is 0 Å². The summed E-state index contributed by atoms with van der Waals surface area (Å²) in [6.07, 6.45) is 0.546. The molecule has 1 atom stereocenters. The summed E-state index contributed by atoms with van der Waals surface area (Å²) < 4.78 is 42.6. The maximum absolute atomic E-state index is 12.7. The van der Waals surface area contributed by atoms with Crippen LogP contribution in [-0.4, -0.2) is 53.5 Å². The quantitative estimate of drug-likeness (QED) is 0.592. The van der Waals surface area contributed by atoms with Gasteiger partial charge in [0, 0.05) is 6.54 Å². The number of hydrogen-bond donors (Lipinski definition) is 1. The molecule has 0 aliphatic carbocycles. The largest absolute Gasteiger partial charge is 0.493 e. The number of hydrogen-bond acceptors (Lipinski definition) is 6. The van der Waals surface area contributed by atoms with Crippen molar-refractivity contribution >= 4 is 21.6 Å². The molecule has 2 aromatic carbocycles. The Morgan fingerprint density at radius 2 is 1.90 bits per heavy atom. The number of benzene rings is 2. The monoisotopic (exact) mass is 448 g/mol. The molecule has 0 saturated carbocycles.